The molecule has 3 rings (SSSR count). The van der Waals surface area contributed by atoms with Gasteiger partial charge in [0, 0.05) is 15.5 Å². The summed E-state index contributed by atoms with van der Waals surface area (Å²) in [5, 5.41) is 0. The summed E-state index contributed by atoms with van der Waals surface area (Å²) in [4.78, 5) is 13.7. The van der Waals surface area contributed by atoms with Crippen LogP contribution >= 0.6 is 11.8 Å². The van der Waals surface area contributed by atoms with Gasteiger partial charge in [-0.1, -0.05) is 23.9 Å². The first-order valence-corrected chi connectivity index (χ1v) is 7.77. The van der Waals surface area contributed by atoms with Crippen LogP contribution in [0, 0.1) is 0 Å². The summed E-state index contributed by atoms with van der Waals surface area (Å²) in [6.45, 7) is 0. The monoisotopic (exact) mass is 299 g/mol. The van der Waals surface area contributed by atoms with Crippen molar-refractivity contribution in [3.63, 3.8) is 0 Å². The Kier molecular flexibility index (Phi) is 3.88. The molecule has 0 saturated heterocycles. The highest BCUT2D eigenvalue weighted by Gasteiger charge is 2.17. The molecule has 1 aliphatic carbocycles. The summed E-state index contributed by atoms with van der Waals surface area (Å²) in [6.07, 6.45) is 3.53. The molecule has 2 aromatic carbocycles. The largest absolute Gasteiger partial charge is 0.465 e. The summed E-state index contributed by atoms with van der Waals surface area (Å²) in [5.41, 5.74) is 10.0. The molecule has 0 bridgehead atoms. The summed E-state index contributed by atoms with van der Waals surface area (Å²) in [5.74, 6) is -0.356. The Labute approximate surface area is 128 Å². The number of methoxy groups -OCH3 is 1. The van der Waals surface area contributed by atoms with Crippen molar-refractivity contribution in [3.05, 3.63) is 53.1 Å². The number of esters is 1. The molecule has 21 heavy (non-hydrogen) atoms. The van der Waals surface area contributed by atoms with Crippen LogP contribution in [0.4, 0.5) is 5.69 Å². The molecule has 0 spiro atoms. The first kappa shape index (κ1) is 14.0. The highest BCUT2D eigenvalue weighted by atomic mass is 32.2. The van der Waals surface area contributed by atoms with Crippen LogP contribution in [0.5, 0.6) is 0 Å². The first-order chi connectivity index (χ1) is 10.2. The van der Waals surface area contributed by atoms with Crippen LogP contribution in [0.1, 0.15) is 27.9 Å². The molecule has 0 aliphatic heterocycles. The number of anilines is 1. The van der Waals surface area contributed by atoms with Crippen molar-refractivity contribution in [2.45, 2.75) is 29.1 Å². The van der Waals surface area contributed by atoms with Gasteiger partial charge in [0.15, 0.2) is 0 Å². The second-order valence-corrected chi connectivity index (χ2v) is 6.19. The molecule has 2 aromatic rings. The van der Waals surface area contributed by atoms with Gasteiger partial charge in [-0.25, -0.2) is 4.79 Å². The molecule has 0 unspecified atom stereocenters. The highest BCUT2D eigenvalue weighted by Crippen LogP contribution is 2.37. The SMILES string of the molecule is COC(=O)c1cccc(N)c1Sc1ccc2c(c1)CCC2. The van der Waals surface area contributed by atoms with E-state index in [1.807, 2.05) is 6.07 Å². The van der Waals surface area contributed by atoms with E-state index in [9.17, 15) is 4.79 Å². The van der Waals surface area contributed by atoms with E-state index in [4.69, 9.17) is 10.5 Å². The zero-order valence-corrected chi connectivity index (χ0v) is 12.7. The number of carbonyl (C=O) groups excluding carboxylic acids is 1. The number of nitrogen functional groups attached to an aromatic ring is 1. The highest BCUT2D eigenvalue weighted by molar-refractivity contribution is 7.99. The molecular formula is C17H17NO2S. The minimum Gasteiger partial charge on any atom is -0.465 e. The van der Waals surface area contributed by atoms with Gasteiger partial charge in [-0.2, -0.15) is 0 Å². The van der Waals surface area contributed by atoms with Crippen LogP contribution in [-0.4, -0.2) is 13.1 Å². The average Bonchev–Trinajstić information content (AvgIpc) is 2.96. The van der Waals surface area contributed by atoms with E-state index in [0.29, 0.717) is 11.3 Å². The van der Waals surface area contributed by atoms with E-state index in [1.54, 1.807) is 12.1 Å². The summed E-state index contributed by atoms with van der Waals surface area (Å²) >= 11 is 1.52. The molecule has 4 heteroatoms. The Bertz CT molecular complexity index is 697. The van der Waals surface area contributed by atoms with Gasteiger partial charge in [0.25, 0.3) is 0 Å². The van der Waals surface area contributed by atoms with Crippen LogP contribution < -0.4 is 5.73 Å². The molecule has 1 aliphatic rings. The second-order valence-electron chi connectivity index (χ2n) is 5.10. The third kappa shape index (κ3) is 2.76. The van der Waals surface area contributed by atoms with Crippen molar-refractivity contribution >= 4 is 23.4 Å². The maximum absolute atomic E-state index is 11.9. The Morgan fingerprint density at radius 1 is 1.19 bits per heavy atom. The van der Waals surface area contributed by atoms with Gasteiger partial charge < -0.3 is 10.5 Å². The Hall–Kier alpha value is -1.94. The average molecular weight is 299 g/mol. The number of fused-ring (bicyclic) bond motifs is 1. The van der Waals surface area contributed by atoms with Gasteiger partial charge in [0.2, 0.25) is 0 Å². The molecule has 108 valence electrons. The summed E-state index contributed by atoms with van der Waals surface area (Å²) in [6, 6.07) is 11.8. The third-order valence-corrected chi connectivity index (χ3v) is 4.89. The number of hydrogen-bond donors (Lipinski definition) is 1. The second kappa shape index (κ2) is 5.82. The van der Waals surface area contributed by atoms with Crippen molar-refractivity contribution in [1.29, 1.82) is 0 Å². The predicted molar refractivity (Wildman–Crippen MR) is 84.8 cm³/mol. The van der Waals surface area contributed by atoms with Crippen LogP contribution in [0.2, 0.25) is 0 Å². The van der Waals surface area contributed by atoms with Crippen molar-refractivity contribution < 1.29 is 9.53 Å². The van der Waals surface area contributed by atoms with Crippen molar-refractivity contribution in [1.82, 2.24) is 0 Å². The minimum absolute atomic E-state index is 0.356. The quantitative estimate of drug-likeness (QED) is 0.693. The van der Waals surface area contributed by atoms with Gasteiger partial charge in [-0.15, -0.1) is 0 Å². The Balaban J connectivity index is 1.96. The number of carbonyl (C=O) groups is 1. The standard InChI is InChI=1S/C17H17NO2S/c1-20-17(19)14-6-3-7-15(18)16(14)21-13-9-8-11-4-2-5-12(11)10-13/h3,6-10H,2,4-5,18H2,1H3. The third-order valence-electron chi connectivity index (χ3n) is 3.74. The van der Waals surface area contributed by atoms with Crippen molar-refractivity contribution in [2.75, 3.05) is 12.8 Å². The van der Waals surface area contributed by atoms with Gasteiger partial charge in [-0.3, -0.25) is 0 Å². The first-order valence-electron chi connectivity index (χ1n) is 6.95. The maximum atomic E-state index is 11.9. The van der Waals surface area contributed by atoms with Crippen LogP contribution in [0.3, 0.4) is 0 Å². The van der Waals surface area contributed by atoms with Crippen molar-refractivity contribution in [3.8, 4) is 0 Å². The molecule has 0 radical (unpaired) electrons. The van der Waals surface area contributed by atoms with E-state index in [0.717, 1.165) is 16.2 Å². The molecule has 0 heterocycles. The summed E-state index contributed by atoms with van der Waals surface area (Å²) < 4.78 is 4.84. The summed E-state index contributed by atoms with van der Waals surface area (Å²) in [7, 11) is 1.38. The van der Waals surface area contributed by atoms with Gasteiger partial charge in [0.05, 0.1) is 12.7 Å². The zero-order valence-electron chi connectivity index (χ0n) is 11.9. The number of aryl methyl sites for hydroxylation is 2. The zero-order chi connectivity index (χ0) is 14.8. The number of ether oxygens (including phenoxy) is 1. The molecule has 0 aromatic heterocycles. The Morgan fingerprint density at radius 3 is 2.81 bits per heavy atom. The van der Waals surface area contributed by atoms with E-state index in [1.165, 1.54) is 42.8 Å². The van der Waals surface area contributed by atoms with Crippen LogP contribution in [-0.2, 0) is 17.6 Å². The number of nitrogens with two attached hydrogens (primary N) is 1. The number of rotatable bonds is 3. The Morgan fingerprint density at radius 2 is 2.00 bits per heavy atom. The fourth-order valence-electron chi connectivity index (χ4n) is 2.67. The van der Waals surface area contributed by atoms with Gasteiger partial charge in [0.1, 0.15) is 0 Å². The lowest BCUT2D eigenvalue weighted by Crippen LogP contribution is -2.05. The topological polar surface area (TPSA) is 52.3 Å². The molecule has 0 amide bonds. The minimum atomic E-state index is -0.356. The normalized spacial score (nSPS) is 13.0. The lowest BCUT2D eigenvalue weighted by Gasteiger charge is -2.11. The molecule has 2 N–H and O–H groups in total. The van der Waals surface area contributed by atoms with Gasteiger partial charge in [-0.05, 0) is 54.7 Å². The van der Waals surface area contributed by atoms with E-state index < -0.39 is 0 Å². The number of benzene rings is 2. The van der Waals surface area contributed by atoms with E-state index in [2.05, 4.69) is 18.2 Å². The van der Waals surface area contributed by atoms with E-state index in [-0.39, 0.29) is 5.97 Å². The molecular weight excluding hydrogens is 282 g/mol. The molecule has 0 fully saturated rings. The molecule has 0 saturated carbocycles. The van der Waals surface area contributed by atoms with Crippen LogP contribution in [0.15, 0.2) is 46.2 Å². The van der Waals surface area contributed by atoms with Crippen LogP contribution in [0.25, 0.3) is 0 Å². The van der Waals surface area contributed by atoms with Gasteiger partial charge >= 0.3 is 5.97 Å². The predicted octanol–water partition coefficient (Wildman–Crippen LogP) is 3.70. The lowest BCUT2D eigenvalue weighted by atomic mass is 10.1. The van der Waals surface area contributed by atoms with E-state index >= 15 is 0 Å². The fourth-order valence-corrected chi connectivity index (χ4v) is 3.69. The number of hydrogen-bond acceptors (Lipinski definition) is 4. The van der Waals surface area contributed by atoms with Crippen molar-refractivity contribution in [2.24, 2.45) is 0 Å². The smallest absolute Gasteiger partial charge is 0.339 e. The fraction of sp³-hybridized carbons (Fsp3) is 0.235. The molecule has 0 atom stereocenters. The maximum Gasteiger partial charge on any atom is 0.339 e. The molecule has 3 nitrogen and oxygen atoms in total. The lowest BCUT2D eigenvalue weighted by molar-refractivity contribution is 0.0597.